The number of hydrazone groups is 1. The van der Waals surface area contributed by atoms with Crippen LogP contribution >= 0.6 is 11.6 Å². The molecule has 0 unspecified atom stereocenters. The number of halogens is 1. The Labute approximate surface area is 159 Å². The Kier molecular flexibility index (Phi) is 5.68. The highest BCUT2D eigenvalue weighted by Gasteiger charge is 2.10. The van der Waals surface area contributed by atoms with Crippen LogP contribution in [0.25, 0.3) is 11.3 Å². The van der Waals surface area contributed by atoms with Crippen molar-refractivity contribution in [3.63, 3.8) is 0 Å². The van der Waals surface area contributed by atoms with Gasteiger partial charge in [0.2, 0.25) is 5.95 Å². The second-order valence-corrected chi connectivity index (χ2v) is 5.73. The van der Waals surface area contributed by atoms with Crippen LogP contribution in [0, 0.1) is 0 Å². The molecule has 27 heavy (non-hydrogen) atoms. The molecule has 0 saturated carbocycles. The first-order chi connectivity index (χ1) is 13.1. The van der Waals surface area contributed by atoms with Crippen LogP contribution in [0.5, 0.6) is 11.5 Å². The third-order valence-corrected chi connectivity index (χ3v) is 3.86. The molecule has 0 aliphatic rings. The number of hydrogen-bond acceptors (Lipinski definition) is 7. The van der Waals surface area contributed by atoms with Crippen molar-refractivity contribution in [3.05, 3.63) is 63.4 Å². The number of benzene rings is 2. The van der Waals surface area contributed by atoms with Gasteiger partial charge in [-0.05, 0) is 17.7 Å². The van der Waals surface area contributed by atoms with Gasteiger partial charge in [-0.1, -0.05) is 41.9 Å². The first kappa shape index (κ1) is 18.4. The SMILES string of the molecule is COc1cc(/C=N/Nc2nnc(-c3ccccc3)c(=O)[nH]2)cc(Cl)c1OC. The maximum Gasteiger partial charge on any atom is 0.279 e. The van der Waals surface area contributed by atoms with E-state index in [0.29, 0.717) is 27.6 Å². The van der Waals surface area contributed by atoms with Crippen molar-refractivity contribution in [2.45, 2.75) is 0 Å². The van der Waals surface area contributed by atoms with Crippen molar-refractivity contribution in [2.24, 2.45) is 5.10 Å². The zero-order valence-corrected chi connectivity index (χ0v) is 15.3. The summed E-state index contributed by atoms with van der Waals surface area (Å²) in [5, 5.41) is 12.3. The summed E-state index contributed by atoms with van der Waals surface area (Å²) in [6.07, 6.45) is 1.50. The Balaban J connectivity index is 1.76. The fourth-order valence-electron chi connectivity index (χ4n) is 2.35. The van der Waals surface area contributed by atoms with E-state index < -0.39 is 0 Å². The van der Waals surface area contributed by atoms with E-state index in [-0.39, 0.29) is 17.2 Å². The molecule has 3 aromatic rings. The zero-order valence-electron chi connectivity index (χ0n) is 14.6. The fourth-order valence-corrected chi connectivity index (χ4v) is 2.65. The van der Waals surface area contributed by atoms with Crippen LogP contribution in [-0.4, -0.2) is 35.6 Å². The first-order valence-electron chi connectivity index (χ1n) is 7.85. The number of ether oxygens (including phenoxy) is 2. The number of nitrogens with one attached hydrogen (secondary N) is 2. The molecule has 0 radical (unpaired) electrons. The summed E-state index contributed by atoms with van der Waals surface area (Å²) >= 11 is 6.15. The smallest absolute Gasteiger partial charge is 0.279 e. The van der Waals surface area contributed by atoms with E-state index in [9.17, 15) is 4.79 Å². The van der Waals surface area contributed by atoms with Gasteiger partial charge in [-0.15, -0.1) is 10.2 Å². The number of rotatable bonds is 6. The quantitative estimate of drug-likeness (QED) is 0.499. The topological polar surface area (TPSA) is 101 Å². The van der Waals surface area contributed by atoms with Crippen LogP contribution in [0.3, 0.4) is 0 Å². The van der Waals surface area contributed by atoms with Gasteiger partial charge >= 0.3 is 0 Å². The number of anilines is 1. The third kappa shape index (κ3) is 4.24. The predicted molar refractivity (Wildman–Crippen MR) is 104 cm³/mol. The lowest BCUT2D eigenvalue weighted by atomic mass is 10.2. The molecule has 1 aromatic heterocycles. The van der Waals surface area contributed by atoms with Crippen molar-refractivity contribution in [1.82, 2.24) is 15.2 Å². The standard InChI is InChI=1S/C18H16ClN5O3/c1-26-14-9-11(8-13(19)16(14)27-2)10-20-23-18-21-17(25)15(22-24-18)12-6-4-3-5-7-12/h3-10H,1-2H3,(H2,21,23,24,25)/b20-10+. The highest BCUT2D eigenvalue weighted by Crippen LogP contribution is 2.35. The van der Waals surface area contributed by atoms with Gasteiger partial charge in [-0.3, -0.25) is 9.78 Å². The number of aromatic nitrogens is 3. The van der Waals surface area contributed by atoms with Gasteiger partial charge in [0.25, 0.3) is 5.56 Å². The molecule has 3 rings (SSSR count). The van der Waals surface area contributed by atoms with Crippen molar-refractivity contribution in [3.8, 4) is 22.8 Å². The highest BCUT2D eigenvalue weighted by molar-refractivity contribution is 6.32. The molecule has 0 bridgehead atoms. The van der Waals surface area contributed by atoms with Crippen LogP contribution in [0.15, 0.2) is 52.4 Å². The van der Waals surface area contributed by atoms with Gasteiger partial charge in [-0.2, -0.15) is 5.10 Å². The van der Waals surface area contributed by atoms with Crippen LogP contribution in [0.1, 0.15) is 5.56 Å². The molecular weight excluding hydrogens is 370 g/mol. The highest BCUT2D eigenvalue weighted by atomic mass is 35.5. The number of methoxy groups -OCH3 is 2. The summed E-state index contributed by atoms with van der Waals surface area (Å²) in [5.41, 5.74) is 3.83. The summed E-state index contributed by atoms with van der Waals surface area (Å²) in [6, 6.07) is 12.4. The van der Waals surface area contributed by atoms with Gasteiger partial charge in [0.05, 0.1) is 25.5 Å². The minimum Gasteiger partial charge on any atom is -0.493 e. The third-order valence-electron chi connectivity index (χ3n) is 3.58. The molecule has 0 spiro atoms. The van der Waals surface area contributed by atoms with Gasteiger partial charge in [0, 0.05) is 5.56 Å². The molecule has 9 heteroatoms. The van der Waals surface area contributed by atoms with E-state index in [2.05, 4.69) is 25.7 Å². The molecule has 2 N–H and O–H groups in total. The van der Waals surface area contributed by atoms with Gasteiger partial charge in [0.15, 0.2) is 17.2 Å². The summed E-state index contributed by atoms with van der Waals surface area (Å²) in [6.45, 7) is 0. The maximum absolute atomic E-state index is 12.2. The summed E-state index contributed by atoms with van der Waals surface area (Å²) < 4.78 is 10.4. The number of nitrogens with zero attached hydrogens (tertiary/aromatic N) is 3. The van der Waals surface area contributed by atoms with Crippen molar-refractivity contribution < 1.29 is 9.47 Å². The second-order valence-electron chi connectivity index (χ2n) is 5.33. The van der Waals surface area contributed by atoms with Crippen molar-refractivity contribution >= 4 is 23.8 Å². The Morgan fingerprint density at radius 2 is 1.93 bits per heavy atom. The summed E-state index contributed by atoms with van der Waals surface area (Å²) in [5.74, 6) is 1.03. The second kappa shape index (κ2) is 8.33. The normalized spacial score (nSPS) is 10.8. The van der Waals surface area contributed by atoms with Gasteiger partial charge in [-0.25, -0.2) is 5.43 Å². The average molecular weight is 386 g/mol. The van der Waals surface area contributed by atoms with E-state index in [4.69, 9.17) is 21.1 Å². The minimum atomic E-state index is -0.372. The van der Waals surface area contributed by atoms with Gasteiger partial charge < -0.3 is 9.47 Å². The maximum atomic E-state index is 12.2. The van der Waals surface area contributed by atoms with Crippen LogP contribution in [0.4, 0.5) is 5.95 Å². The van der Waals surface area contributed by atoms with Crippen LogP contribution in [-0.2, 0) is 0 Å². The molecule has 0 fully saturated rings. The van der Waals surface area contributed by atoms with E-state index in [1.54, 1.807) is 24.3 Å². The molecule has 0 saturated heterocycles. The molecule has 0 aliphatic carbocycles. The van der Waals surface area contributed by atoms with Crippen LogP contribution < -0.4 is 20.5 Å². The predicted octanol–water partition coefficient (Wildman–Crippen LogP) is 2.95. The van der Waals surface area contributed by atoms with Crippen LogP contribution in [0.2, 0.25) is 5.02 Å². The number of hydrogen-bond donors (Lipinski definition) is 2. The molecule has 1 heterocycles. The largest absolute Gasteiger partial charge is 0.493 e. The Morgan fingerprint density at radius 3 is 2.59 bits per heavy atom. The molecule has 138 valence electrons. The van der Waals surface area contributed by atoms with E-state index >= 15 is 0 Å². The lowest BCUT2D eigenvalue weighted by Crippen LogP contribution is -2.15. The Bertz CT molecular complexity index is 1020. The molecule has 2 aromatic carbocycles. The average Bonchev–Trinajstić information content (AvgIpc) is 2.68. The van der Waals surface area contributed by atoms with E-state index in [0.717, 1.165) is 0 Å². The molecular formula is C18H16ClN5O3. The van der Waals surface area contributed by atoms with E-state index in [1.165, 1.54) is 20.4 Å². The fraction of sp³-hybridized carbons (Fsp3) is 0.111. The molecule has 0 atom stereocenters. The summed E-state index contributed by atoms with van der Waals surface area (Å²) in [7, 11) is 3.02. The minimum absolute atomic E-state index is 0.113. The Morgan fingerprint density at radius 1 is 1.15 bits per heavy atom. The van der Waals surface area contributed by atoms with Crippen molar-refractivity contribution in [2.75, 3.05) is 19.6 Å². The Hall–Kier alpha value is -3.39. The monoisotopic (exact) mass is 385 g/mol. The zero-order chi connectivity index (χ0) is 19.2. The molecule has 0 amide bonds. The van der Waals surface area contributed by atoms with Gasteiger partial charge in [0.1, 0.15) is 0 Å². The number of aromatic amines is 1. The number of H-pyrrole nitrogens is 1. The summed E-state index contributed by atoms with van der Waals surface area (Å²) in [4.78, 5) is 14.8. The lowest BCUT2D eigenvalue weighted by Gasteiger charge is -2.09. The van der Waals surface area contributed by atoms with E-state index in [1.807, 2.05) is 18.2 Å². The first-order valence-corrected chi connectivity index (χ1v) is 8.23. The molecule has 8 nitrogen and oxygen atoms in total. The van der Waals surface area contributed by atoms with Crippen molar-refractivity contribution in [1.29, 1.82) is 0 Å². The molecule has 0 aliphatic heterocycles. The lowest BCUT2D eigenvalue weighted by molar-refractivity contribution is 0.355.